The number of nitrogens with one attached hydrogen (secondary N) is 1. The highest BCUT2D eigenvalue weighted by molar-refractivity contribution is 5.95. The zero-order chi connectivity index (χ0) is 39.8. The van der Waals surface area contributed by atoms with Crippen LogP contribution in [-0.4, -0.2) is 110 Å². The molecule has 1 aliphatic heterocycles. The number of hydrogen-bond donors (Lipinski definition) is 6. The van der Waals surface area contributed by atoms with Crippen LogP contribution in [0.5, 0.6) is 0 Å². The number of hydrogen-bond acceptors (Lipinski definition) is 12. The second-order valence-electron chi connectivity index (χ2n) is 17.2. The summed E-state index contributed by atoms with van der Waals surface area (Å²) in [4.78, 5) is 55.7. The van der Waals surface area contributed by atoms with Crippen LogP contribution in [0.3, 0.4) is 0 Å². The molecule has 292 valence electrons. The zero-order valence-corrected chi connectivity index (χ0v) is 31.6. The van der Waals surface area contributed by atoms with Gasteiger partial charge in [0.1, 0.15) is 29.5 Å². The van der Waals surface area contributed by atoms with Gasteiger partial charge in [-0.1, -0.05) is 71.0 Å². The van der Waals surface area contributed by atoms with Crippen LogP contribution in [0.25, 0.3) is 0 Å². The summed E-state index contributed by atoms with van der Waals surface area (Å²) in [6, 6.07) is 15.0. The van der Waals surface area contributed by atoms with Crippen molar-refractivity contribution < 1.29 is 58.9 Å². The topological polar surface area (TPSA) is 209 Å². The van der Waals surface area contributed by atoms with Gasteiger partial charge in [0.15, 0.2) is 11.9 Å². The molecule has 13 nitrogen and oxygen atoms in total. The highest BCUT2D eigenvalue weighted by Crippen LogP contribution is 2.63. The van der Waals surface area contributed by atoms with Gasteiger partial charge in [-0.3, -0.25) is 9.59 Å². The Labute approximate surface area is 314 Å². The predicted octanol–water partition coefficient (Wildman–Crippen LogP) is 2.27. The van der Waals surface area contributed by atoms with Crippen LogP contribution in [0.1, 0.15) is 82.0 Å². The number of ketones is 1. The summed E-state index contributed by atoms with van der Waals surface area (Å²) in [5.41, 5.74) is -7.97. The summed E-state index contributed by atoms with van der Waals surface area (Å²) in [6.45, 7) is 10.9. The molecule has 11 atom stereocenters. The Morgan fingerprint density at radius 1 is 0.926 bits per heavy atom. The van der Waals surface area contributed by atoms with Crippen molar-refractivity contribution in [2.75, 3.05) is 6.61 Å². The molecule has 3 aliphatic carbocycles. The standard InChI is InChI=1S/C41H51NO12/c1-21-24(53-36(49)29(45)31(37(2,3)4)42-34(47)22-14-10-8-11-15-22)19-41(51)33(54-35(48)23-16-12-9-13-17-23)30-39(7,25(43)18-26-40(30,50)20-52-26)32(46)28(44)27(21)38(41,5)6/h8-17,24-26,28-31,33,43-45,50-51H,18-20H2,1-7H3,(H,42,47)/t24?,25?,26?,28?,29?,30?,31-,33?,39-,40+,41?/m1/s1. The van der Waals surface area contributed by atoms with E-state index in [0.717, 1.165) is 0 Å². The molecule has 3 fully saturated rings. The van der Waals surface area contributed by atoms with Gasteiger partial charge >= 0.3 is 11.9 Å². The smallest absolute Gasteiger partial charge is 0.338 e. The lowest BCUT2D eigenvalue weighted by atomic mass is 9.44. The molecule has 0 aromatic heterocycles. The molecule has 54 heavy (non-hydrogen) atoms. The van der Waals surface area contributed by atoms with Crippen molar-refractivity contribution in [1.29, 1.82) is 0 Å². The summed E-state index contributed by atoms with van der Waals surface area (Å²) in [5, 5.41) is 63.3. The van der Waals surface area contributed by atoms with Crippen LogP contribution in [0.4, 0.5) is 0 Å². The van der Waals surface area contributed by atoms with Crippen molar-refractivity contribution in [1.82, 2.24) is 5.32 Å². The number of fused-ring (bicyclic) bond motifs is 5. The van der Waals surface area contributed by atoms with Crippen LogP contribution >= 0.6 is 0 Å². The van der Waals surface area contributed by atoms with Crippen LogP contribution < -0.4 is 5.32 Å². The van der Waals surface area contributed by atoms with Gasteiger partial charge in [0.05, 0.1) is 35.8 Å². The van der Waals surface area contributed by atoms with E-state index in [1.165, 1.54) is 26.0 Å². The summed E-state index contributed by atoms with van der Waals surface area (Å²) >= 11 is 0. The highest BCUT2D eigenvalue weighted by atomic mass is 16.6. The van der Waals surface area contributed by atoms with Crippen LogP contribution in [0.15, 0.2) is 71.8 Å². The first-order valence-electron chi connectivity index (χ1n) is 18.3. The minimum Gasteiger partial charge on any atom is -0.456 e. The number of Topliss-reactive ketones (excluding diaryl/α,β-unsaturated/α-hetero) is 1. The third-order valence-corrected chi connectivity index (χ3v) is 12.7. The Bertz CT molecular complexity index is 1840. The average molecular weight is 750 g/mol. The molecule has 2 bridgehead atoms. The van der Waals surface area contributed by atoms with Gasteiger partial charge in [-0.15, -0.1) is 0 Å². The number of aliphatic hydroxyl groups excluding tert-OH is 3. The molecule has 8 unspecified atom stereocenters. The van der Waals surface area contributed by atoms with E-state index in [2.05, 4.69) is 5.32 Å². The molecule has 1 saturated heterocycles. The number of rotatable bonds is 7. The summed E-state index contributed by atoms with van der Waals surface area (Å²) in [5.74, 6) is -4.97. The lowest BCUT2D eigenvalue weighted by Gasteiger charge is -2.66. The normalized spacial score (nSPS) is 35.5. The minimum atomic E-state index is -2.28. The van der Waals surface area contributed by atoms with Gasteiger partial charge in [0.25, 0.3) is 5.91 Å². The Morgan fingerprint density at radius 2 is 1.50 bits per heavy atom. The van der Waals surface area contributed by atoms with Crippen molar-refractivity contribution in [2.45, 2.75) is 115 Å². The molecule has 13 heteroatoms. The van der Waals surface area contributed by atoms with Gasteiger partial charge in [-0.2, -0.15) is 0 Å². The second kappa shape index (κ2) is 13.6. The molecule has 0 spiro atoms. The highest BCUT2D eigenvalue weighted by Gasteiger charge is 2.76. The number of esters is 2. The summed E-state index contributed by atoms with van der Waals surface area (Å²) < 4.78 is 17.8. The Kier molecular flexibility index (Phi) is 10.0. The quantitative estimate of drug-likeness (QED) is 0.178. The van der Waals surface area contributed by atoms with Crippen molar-refractivity contribution in [3.63, 3.8) is 0 Å². The van der Waals surface area contributed by atoms with Gasteiger partial charge in [-0.05, 0) is 54.7 Å². The molecule has 1 heterocycles. The predicted molar refractivity (Wildman–Crippen MR) is 193 cm³/mol. The number of ether oxygens (including phenoxy) is 3. The zero-order valence-electron chi connectivity index (χ0n) is 31.6. The fourth-order valence-corrected chi connectivity index (χ4v) is 9.31. The van der Waals surface area contributed by atoms with E-state index in [1.807, 2.05) is 0 Å². The van der Waals surface area contributed by atoms with E-state index in [-0.39, 0.29) is 29.7 Å². The van der Waals surface area contributed by atoms with Gasteiger partial charge in [0, 0.05) is 29.7 Å². The first-order chi connectivity index (χ1) is 25.1. The van der Waals surface area contributed by atoms with Gasteiger partial charge in [-0.25, -0.2) is 9.59 Å². The molecule has 6 N–H and O–H groups in total. The van der Waals surface area contributed by atoms with E-state index < -0.39 is 106 Å². The third-order valence-electron chi connectivity index (χ3n) is 12.7. The van der Waals surface area contributed by atoms with Crippen LogP contribution in [0, 0.1) is 22.2 Å². The molecule has 0 radical (unpaired) electrons. The Hall–Kier alpha value is -3.98. The van der Waals surface area contributed by atoms with E-state index in [4.69, 9.17) is 14.2 Å². The largest absolute Gasteiger partial charge is 0.456 e. The lowest BCUT2D eigenvalue weighted by molar-refractivity contribution is -0.343. The fraction of sp³-hybridized carbons (Fsp3) is 0.561. The maximum Gasteiger partial charge on any atom is 0.338 e. The summed E-state index contributed by atoms with van der Waals surface area (Å²) in [7, 11) is 0. The minimum absolute atomic E-state index is 0.0232. The number of carbonyl (C=O) groups excluding carboxylic acids is 4. The van der Waals surface area contributed by atoms with Gasteiger partial charge < -0.3 is 45.1 Å². The fourth-order valence-electron chi connectivity index (χ4n) is 9.31. The SMILES string of the molecule is CC1=C2C(O)C(=O)[C@]3(C)C(O)CC4OC[C@@]4(O)C3C(OC(=O)c3ccccc3)C(O)(CC1OC(=O)C(O)[C@@H](NC(=O)c1ccccc1)C(C)(C)C)C2(C)C. The number of amides is 1. The molecule has 2 aromatic carbocycles. The summed E-state index contributed by atoms with van der Waals surface area (Å²) in [6.07, 6.45) is -10.1. The molecule has 4 aliphatic rings. The molecular formula is C41H51NO12. The number of aliphatic hydroxyl groups is 5. The molecular weight excluding hydrogens is 698 g/mol. The average Bonchev–Trinajstić information content (AvgIpc) is 3.12. The van der Waals surface area contributed by atoms with Crippen LogP contribution in [0.2, 0.25) is 0 Å². The third kappa shape index (κ3) is 6.09. The van der Waals surface area contributed by atoms with Gasteiger partial charge in [0.2, 0.25) is 0 Å². The maximum absolute atomic E-state index is 14.7. The molecule has 2 saturated carbocycles. The molecule has 2 aromatic rings. The van der Waals surface area contributed by atoms with E-state index in [1.54, 1.807) is 83.1 Å². The second-order valence-corrected chi connectivity index (χ2v) is 17.2. The molecule has 1 amide bonds. The van der Waals surface area contributed by atoms with Crippen molar-refractivity contribution >= 4 is 23.6 Å². The lowest BCUT2D eigenvalue weighted by Crippen LogP contribution is -2.81. The first-order valence-corrected chi connectivity index (χ1v) is 18.3. The van der Waals surface area contributed by atoms with Crippen LogP contribution in [-0.2, 0) is 23.8 Å². The van der Waals surface area contributed by atoms with E-state index in [9.17, 15) is 44.7 Å². The number of benzene rings is 2. The first kappa shape index (κ1) is 39.7. The van der Waals surface area contributed by atoms with E-state index in [0.29, 0.717) is 5.56 Å². The monoisotopic (exact) mass is 749 g/mol. The van der Waals surface area contributed by atoms with Crippen molar-refractivity contribution in [3.05, 3.63) is 82.9 Å². The van der Waals surface area contributed by atoms with E-state index >= 15 is 0 Å². The van der Waals surface area contributed by atoms with Crippen molar-refractivity contribution in [3.8, 4) is 0 Å². The Balaban J connectivity index is 1.44. The number of carbonyl (C=O) groups is 4. The maximum atomic E-state index is 14.7. The van der Waals surface area contributed by atoms with Crippen molar-refractivity contribution in [2.24, 2.45) is 22.2 Å². The Morgan fingerprint density at radius 3 is 2.04 bits per heavy atom. The molecule has 6 rings (SSSR count).